The van der Waals surface area contributed by atoms with Gasteiger partial charge >= 0.3 is 0 Å². The Morgan fingerprint density at radius 2 is 1.95 bits per heavy atom. The van der Waals surface area contributed by atoms with Gasteiger partial charge in [-0.2, -0.15) is 17.4 Å². The lowest BCUT2D eigenvalue weighted by Crippen LogP contribution is -2.40. The van der Waals surface area contributed by atoms with E-state index >= 15 is 0 Å². The maximum atomic E-state index is 12.1. The maximum Gasteiger partial charge on any atom is 0.279 e. The summed E-state index contributed by atoms with van der Waals surface area (Å²) in [6, 6.07) is 9.09. The molecule has 0 amide bonds. The Balaban J connectivity index is 2.87. The fourth-order valence-corrected chi connectivity index (χ4v) is 2.85. The van der Waals surface area contributed by atoms with E-state index in [4.69, 9.17) is 5.11 Å². The third-order valence-electron chi connectivity index (χ3n) is 3.00. The molecular formula is C13H22N2O3S. The average molecular weight is 286 g/mol. The second kappa shape index (κ2) is 7.59. The van der Waals surface area contributed by atoms with Crippen LogP contribution in [0.5, 0.6) is 0 Å². The standard InChI is InChI=1S/C13H22N2O3S/c1-3-15(2)19(17,18)14-13(10-7-11-16)12-8-5-4-6-9-12/h4-6,8-9,13-14,16H,3,7,10-11H2,1-2H3. The number of hydrogen-bond donors (Lipinski definition) is 2. The summed E-state index contributed by atoms with van der Waals surface area (Å²) < 4.78 is 28.1. The largest absolute Gasteiger partial charge is 0.396 e. The minimum atomic E-state index is -3.49. The normalized spacial score (nSPS) is 13.7. The number of hydrogen-bond acceptors (Lipinski definition) is 3. The number of rotatable bonds is 8. The molecule has 0 spiro atoms. The van der Waals surface area contributed by atoms with Gasteiger partial charge in [-0.05, 0) is 18.4 Å². The Hall–Kier alpha value is -0.950. The van der Waals surface area contributed by atoms with Crippen molar-refractivity contribution in [1.82, 2.24) is 9.03 Å². The molecule has 0 aromatic heterocycles. The smallest absolute Gasteiger partial charge is 0.279 e. The van der Waals surface area contributed by atoms with Gasteiger partial charge < -0.3 is 5.11 Å². The van der Waals surface area contributed by atoms with E-state index in [9.17, 15) is 8.42 Å². The Morgan fingerprint density at radius 3 is 2.47 bits per heavy atom. The summed E-state index contributed by atoms with van der Waals surface area (Å²) in [6.07, 6.45) is 1.12. The fraction of sp³-hybridized carbons (Fsp3) is 0.538. The van der Waals surface area contributed by atoms with Crippen molar-refractivity contribution >= 4 is 10.2 Å². The minimum absolute atomic E-state index is 0.0503. The third-order valence-corrected chi connectivity index (χ3v) is 4.66. The molecule has 108 valence electrons. The van der Waals surface area contributed by atoms with E-state index in [1.54, 1.807) is 6.92 Å². The lowest BCUT2D eigenvalue weighted by atomic mass is 10.0. The van der Waals surface area contributed by atoms with Crippen LogP contribution in [0.3, 0.4) is 0 Å². The van der Waals surface area contributed by atoms with Crippen molar-refractivity contribution < 1.29 is 13.5 Å². The number of aliphatic hydroxyl groups excluding tert-OH is 1. The van der Waals surface area contributed by atoms with Gasteiger partial charge in [0.1, 0.15) is 0 Å². The molecule has 0 saturated heterocycles. The molecule has 19 heavy (non-hydrogen) atoms. The van der Waals surface area contributed by atoms with Gasteiger partial charge in [-0.3, -0.25) is 0 Å². The predicted molar refractivity (Wildman–Crippen MR) is 75.9 cm³/mol. The predicted octanol–water partition coefficient (Wildman–Crippen LogP) is 1.29. The molecule has 0 saturated carbocycles. The van der Waals surface area contributed by atoms with Gasteiger partial charge in [0.2, 0.25) is 0 Å². The molecular weight excluding hydrogens is 264 g/mol. The van der Waals surface area contributed by atoms with E-state index in [1.807, 2.05) is 30.3 Å². The lowest BCUT2D eigenvalue weighted by molar-refractivity contribution is 0.277. The molecule has 2 N–H and O–H groups in total. The van der Waals surface area contributed by atoms with Gasteiger partial charge in [-0.15, -0.1) is 0 Å². The van der Waals surface area contributed by atoms with Crippen LogP contribution in [-0.2, 0) is 10.2 Å². The van der Waals surface area contributed by atoms with Crippen LogP contribution in [0.25, 0.3) is 0 Å². The van der Waals surface area contributed by atoms with Crippen molar-refractivity contribution in [2.24, 2.45) is 0 Å². The fourth-order valence-electron chi connectivity index (χ4n) is 1.71. The van der Waals surface area contributed by atoms with Crippen LogP contribution in [0.2, 0.25) is 0 Å². The van der Waals surface area contributed by atoms with Crippen LogP contribution in [0, 0.1) is 0 Å². The van der Waals surface area contributed by atoms with Crippen molar-refractivity contribution in [3.05, 3.63) is 35.9 Å². The zero-order chi connectivity index (χ0) is 14.3. The van der Waals surface area contributed by atoms with E-state index < -0.39 is 10.2 Å². The van der Waals surface area contributed by atoms with E-state index in [1.165, 1.54) is 11.4 Å². The summed E-state index contributed by atoms with van der Waals surface area (Å²) in [5, 5.41) is 8.93. The molecule has 6 heteroatoms. The van der Waals surface area contributed by atoms with Crippen molar-refractivity contribution in [1.29, 1.82) is 0 Å². The number of benzene rings is 1. The van der Waals surface area contributed by atoms with Crippen LogP contribution in [-0.4, -0.2) is 38.0 Å². The first kappa shape index (κ1) is 16.1. The zero-order valence-electron chi connectivity index (χ0n) is 11.4. The van der Waals surface area contributed by atoms with Crippen molar-refractivity contribution in [3.8, 4) is 0 Å². The van der Waals surface area contributed by atoms with Gasteiger partial charge in [0.05, 0.1) is 0 Å². The van der Waals surface area contributed by atoms with Crippen LogP contribution in [0.1, 0.15) is 31.4 Å². The SMILES string of the molecule is CCN(C)S(=O)(=O)NC(CCCO)c1ccccc1. The Labute approximate surface area is 115 Å². The molecule has 0 fully saturated rings. The zero-order valence-corrected chi connectivity index (χ0v) is 12.2. The molecule has 1 aromatic rings. The second-order valence-corrected chi connectivity index (χ2v) is 6.18. The molecule has 0 aliphatic heterocycles. The minimum Gasteiger partial charge on any atom is -0.396 e. The van der Waals surface area contributed by atoms with Crippen molar-refractivity contribution in [3.63, 3.8) is 0 Å². The highest BCUT2D eigenvalue weighted by atomic mass is 32.2. The van der Waals surface area contributed by atoms with E-state index in [0.29, 0.717) is 19.4 Å². The van der Waals surface area contributed by atoms with Crippen molar-refractivity contribution in [2.75, 3.05) is 20.2 Å². The molecule has 0 heterocycles. The summed E-state index contributed by atoms with van der Waals surface area (Å²) in [7, 11) is -1.95. The molecule has 1 aromatic carbocycles. The number of nitrogens with zero attached hydrogens (tertiary/aromatic N) is 1. The molecule has 1 unspecified atom stereocenters. The van der Waals surface area contributed by atoms with Gasteiger partial charge in [-0.25, -0.2) is 0 Å². The van der Waals surface area contributed by atoms with Crippen molar-refractivity contribution in [2.45, 2.75) is 25.8 Å². The number of aliphatic hydroxyl groups is 1. The van der Waals surface area contributed by atoms with Gasteiger partial charge in [0.15, 0.2) is 0 Å². The first-order valence-electron chi connectivity index (χ1n) is 6.40. The van der Waals surface area contributed by atoms with E-state index in [0.717, 1.165) is 5.56 Å². The second-order valence-electron chi connectivity index (χ2n) is 4.37. The highest BCUT2D eigenvalue weighted by Crippen LogP contribution is 2.19. The Morgan fingerprint density at radius 1 is 1.32 bits per heavy atom. The van der Waals surface area contributed by atoms with E-state index in [2.05, 4.69) is 4.72 Å². The molecule has 1 atom stereocenters. The summed E-state index contributed by atoms with van der Waals surface area (Å²) in [4.78, 5) is 0. The van der Waals surface area contributed by atoms with Gasteiger partial charge in [0, 0.05) is 26.2 Å². The lowest BCUT2D eigenvalue weighted by Gasteiger charge is -2.22. The average Bonchev–Trinajstić information content (AvgIpc) is 2.43. The molecule has 0 bridgehead atoms. The summed E-state index contributed by atoms with van der Waals surface area (Å²) in [6.45, 7) is 2.25. The van der Waals surface area contributed by atoms with Crippen LogP contribution in [0.4, 0.5) is 0 Å². The molecule has 0 aliphatic rings. The van der Waals surface area contributed by atoms with Gasteiger partial charge in [0.25, 0.3) is 10.2 Å². The van der Waals surface area contributed by atoms with Crippen LogP contribution >= 0.6 is 0 Å². The molecule has 0 aliphatic carbocycles. The summed E-state index contributed by atoms with van der Waals surface area (Å²) >= 11 is 0. The van der Waals surface area contributed by atoms with Crippen LogP contribution in [0.15, 0.2) is 30.3 Å². The van der Waals surface area contributed by atoms with E-state index in [-0.39, 0.29) is 12.6 Å². The highest BCUT2D eigenvalue weighted by molar-refractivity contribution is 7.87. The van der Waals surface area contributed by atoms with Crippen LogP contribution < -0.4 is 4.72 Å². The quantitative estimate of drug-likeness (QED) is 0.756. The summed E-state index contributed by atoms with van der Waals surface area (Å²) in [5.74, 6) is 0. The maximum absolute atomic E-state index is 12.1. The molecule has 5 nitrogen and oxygen atoms in total. The number of nitrogens with one attached hydrogen (secondary N) is 1. The van der Waals surface area contributed by atoms with Gasteiger partial charge in [-0.1, -0.05) is 37.3 Å². The topological polar surface area (TPSA) is 69.6 Å². The summed E-state index contributed by atoms with van der Waals surface area (Å²) in [5.41, 5.74) is 0.907. The Bertz CT molecular complexity index is 462. The monoisotopic (exact) mass is 286 g/mol. The third kappa shape index (κ3) is 4.91. The first-order chi connectivity index (χ1) is 9.01. The first-order valence-corrected chi connectivity index (χ1v) is 7.84. The Kier molecular flexibility index (Phi) is 6.44. The highest BCUT2D eigenvalue weighted by Gasteiger charge is 2.22. The molecule has 1 rings (SSSR count). The molecule has 0 radical (unpaired) electrons.